The van der Waals surface area contributed by atoms with Gasteiger partial charge in [-0.15, -0.1) is 0 Å². The average molecular weight is 491 g/mol. The maximum absolute atomic E-state index is 11.1. The summed E-state index contributed by atoms with van der Waals surface area (Å²) < 4.78 is 41.7. The molecule has 0 amide bonds. The zero-order chi connectivity index (χ0) is 25.0. The molecule has 10 heteroatoms. The minimum Gasteiger partial charge on any atom is -0.493 e. The summed E-state index contributed by atoms with van der Waals surface area (Å²) in [5.41, 5.74) is 1.09. The highest BCUT2D eigenvalue weighted by Crippen LogP contribution is 2.29. The first-order valence-corrected chi connectivity index (χ1v) is 11.2. The van der Waals surface area contributed by atoms with Crippen LogP contribution in [0.4, 0.5) is 9.59 Å². The van der Waals surface area contributed by atoms with Crippen LogP contribution in [0.1, 0.15) is 18.4 Å². The van der Waals surface area contributed by atoms with Crippen LogP contribution >= 0.6 is 0 Å². The highest BCUT2D eigenvalue weighted by molar-refractivity contribution is 5.62. The highest BCUT2D eigenvalue weighted by Gasteiger charge is 2.26. The van der Waals surface area contributed by atoms with Gasteiger partial charge in [0.05, 0.1) is 14.2 Å². The van der Waals surface area contributed by atoms with E-state index in [1.807, 2.05) is 30.4 Å². The summed E-state index contributed by atoms with van der Waals surface area (Å²) in [6.45, 7) is 4.40. The number of aryl methyl sites for hydroxylation is 1. The standard InChI is InChI=1S/C25H30O10/c1-4-20(28-2)21(30-13-18-15-32-24(26)34-18)9-7-5-6-8-17-10-11-22(23(12-17)29-3)31-14-19-16-33-25(27)35-19/h4,7,9-12,18-19H,1,5-6,8,13-16H2,2-3H3/b9-7-,21-20-. The number of ether oxygens (including phenoxy) is 8. The van der Waals surface area contributed by atoms with Gasteiger partial charge in [0.2, 0.25) is 0 Å². The molecule has 35 heavy (non-hydrogen) atoms. The topological polar surface area (TPSA) is 108 Å². The van der Waals surface area contributed by atoms with E-state index in [0.717, 1.165) is 24.8 Å². The fourth-order valence-electron chi connectivity index (χ4n) is 3.35. The lowest BCUT2D eigenvalue weighted by atomic mass is 10.1. The van der Waals surface area contributed by atoms with E-state index in [1.165, 1.54) is 7.11 Å². The van der Waals surface area contributed by atoms with Gasteiger partial charge >= 0.3 is 12.3 Å². The number of hydrogen-bond donors (Lipinski definition) is 0. The van der Waals surface area contributed by atoms with Crippen LogP contribution in [0.15, 0.2) is 54.5 Å². The van der Waals surface area contributed by atoms with Gasteiger partial charge in [-0.05, 0) is 49.1 Å². The number of methoxy groups -OCH3 is 2. The first kappa shape index (κ1) is 25.8. The van der Waals surface area contributed by atoms with Crippen LogP contribution in [-0.4, -0.2) is 65.2 Å². The minimum absolute atomic E-state index is 0.149. The van der Waals surface area contributed by atoms with Crippen molar-refractivity contribution in [3.05, 3.63) is 60.1 Å². The lowest BCUT2D eigenvalue weighted by Crippen LogP contribution is -2.20. The number of cyclic esters (lactones) is 4. The summed E-state index contributed by atoms with van der Waals surface area (Å²) in [7, 11) is 3.11. The molecule has 2 heterocycles. The van der Waals surface area contributed by atoms with Gasteiger partial charge in [-0.1, -0.05) is 18.7 Å². The average Bonchev–Trinajstić information content (AvgIpc) is 3.48. The number of allylic oxidation sites excluding steroid dienone is 3. The largest absolute Gasteiger partial charge is 0.508 e. The van der Waals surface area contributed by atoms with Gasteiger partial charge in [0, 0.05) is 0 Å². The van der Waals surface area contributed by atoms with Crippen molar-refractivity contribution in [1.29, 1.82) is 0 Å². The molecule has 0 spiro atoms. The molecule has 10 nitrogen and oxygen atoms in total. The van der Waals surface area contributed by atoms with Crippen molar-refractivity contribution >= 4 is 12.3 Å². The molecule has 1 aromatic rings. The zero-order valence-corrected chi connectivity index (χ0v) is 19.9. The Hall–Kier alpha value is -3.82. The number of carbonyl (C=O) groups is 2. The number of benzene rings is 1. The van der Waals surface area contributed by atoms with Gasteiger partial charge < -0.3 is 37.9 Å². The van der Waals surface area contributed by atoms with E-state index in [0.29, 0.717) is 23.0 Å². The molecule has 2 saturated heterocycles. The van der Waals surface area contributed by atoms with Crippen molar-refractivity contribution in [2.24, 2.45) is 0 Å². The lowest BCUT2D eigenvalue weighted by molar-refractivity contribution is 0.0752. The van der Waals surface area contributed by atoms with Crippen LogP contribution in [0, 0.1) is 0 Å². The van der Waals surface area contributed by atoms with E-state index in [9.17, 15) is 9.59 Å². The Morgan fingerprint density at radius 1 is 1.03 bits per heavy atom. The zero-order valence-electron chi connectivity index (χ0n) is 19.9. The van der Waals surface area contributed by atoms with Gasteiger partial charge in [-0.25, -0.2) is 9.59 Å². The van der Waals surface area contributed by atoms with Crippen molar-refractivity contribution in [1.82, 2.24) is 0 Å². The molecule has 0 saturated carbocycles. The summed E-state index contributed by atoms with van der Waals surface area (Å²) in [5.74, 6) is 2.15. The van der Waals surface area contributed by atoms with E-state index in [-0.39, 0.29) is 26.4 Å². The molecule has 2 aliphatic rings. The fraction of sp³-hybridized carbons (Fsp3) is 0.440. The second kappa shape index (κ2) is 13.2. The van der Waals surface area contributed by atoms with Gasteiger partial charge in [-0.2, -0.15) is 0 Å². The second-order valence-corrected chi connectivity index (χ2v) is 7.64. The summed E-state index contributed by atoms with van der Waals surface area (Å²) >= 11 is 0. The lowest BCUT2D eigenvalue weighted by Gasteiger charge is -2.14. The van der Waals surface area contributed by atoms with Crippen LogP contribution in [0.5, 0.6) is 11.5 Å². The smallest absolute Gasteiger partial charge is 0.493 e. The summed E-state index contributed by atoms with van der Waals surface area (Å²) in [6.07, 6.45) is 5.58. The van der Waals surface area contributed by atoms with Crippen molar-refractivity contribution < 1.29 is 47.5 Å². The summed E-state index contributed by atoms with van der Waals surface area (Å²) in [6, 6.07) is 5.74. The van der Waals surface area contributed by atoms with Crippen LogP contribution in [-0.2, 0) is 34.8 Å². The SMILES string of the molecule is C=C/C(OC)=C(\C=C/CCCc1ccc(OCC2COC(=O)O2)c(OC)c1)OCC1COC(=O)O1. The number of unbranched alkanes of at least 4 members (excludes halogenated alkanes) is 1. The summed E-state index contributed by atoms with van der Waals surface area (Å²) in [5, 5.41) is 0. The van der Waals surface area contributed by atoms with Crippen LogP contribution < -0.4 is 9.47 Å². The predicted octanol–water partition coefficient (Wildman–Crippen LogP) is 4.08. The number of carbonyl (C=O) groups excluding carboxylic acids is 2. The van der Waals surface area contributed by atoms with Gasteiger partial charge in [0.15, 0.2) is 35.2 Å². The van der Waals surface area contributed by atoms with E-state index >= 15 is 0 Å². The number of rotatable bonds is 14. The molecule has 2 fully saturated rings. The third-order valence-electron chi connectivity index (χ3n) is 5.13. The van der Waals surface area contributed by atoms with Crippen molar-refractivity contribution in [2.75, 3.05) is 40.6 Å². The first-order valence-electron chi connectivity index (χ1n) is 11.2. The third-order valence-corrected chi connectivity index (χ3v) is 5.13. The molecule has 3 rings (SSSR count). The number of hydrogen-bond acceptors (Lipinski definition) is 10. The molecule has 2 aliphatic heterocycles. The van der Waals surface area contributed by atoms with Crippen molar-refractivity contribution in [3.8, 4) is 11.5 Å². The van der Waals surface area contributed by atoms with Gasteiger partial charge in [0.1, 0.15) is 26.4 Å². The Kier molecular flexibility index (Phi) is 9.70. The first-order chi connectivity index (χ1) is 17.0. The molecule has 0 aliphatic carbocycles. The summed E-state index contributed by atoms with van der Waals surface area (Å²) in [4.78, 5) is 22.1. The van der Waals surface area contributed by atoms with E-state index in [1.54, 1.807) is 13.2 Å². The Balaban J connectivity index is 1.47. The normalized spacial score (nSPS) is 19.8. The van der Waals surface area contributed by atoms with Crippen LogP contribution in [0.25, 0.3) is 0 Å². The van der Waals surface area contributed by atoms with Gasteiger partial charge in [0.25, 0.3) is 0 Å². The third kappa shape index (κ3) is 7.87. The van der Waals surface area contributed by atoms with Gasteiger partial charge in [-0.3, -0.25) is 0 Å². The molecular formula is C25H30O10. The molecule has 2 atom stereocenters. The van der Waals surface area contributed by atoms with Crippen molar-refractivity contribution in [3.63, 3.8) is 0 Å². The van der Waals surface area contributed by atoms with E-state index in [2.05, 4.69) is 6.58 Å². The maximum Gasteiger partial charge on any atom is 0.508 e. The van der Waals surface area contributed by atoms with Crippen LogP contribution in [0.3, 0.4) is 0 Å². The monoisotopic (exact) mass is 490 g/mol. The highest BCUT2D eigenvalue weighted by atomic mass is 16.8. The minimum atomic E-state index is -0.694. The van der Waals surface area contributed by atoms with E-state index in [4.69, 9.17) is 37.9 Å². The Morgan fingerprint density at radius 3 is 2.34 bits per heavy atom. The Labute approximate surface area is 204 Å². The van der Waals surface area contributed by atoms with Crippen molar-refractivity contribution in [2.45, 2.75) is 31.5 Å². The Morgan fingerprint density at radius 2 is 1.74 bits per heavy atom. The van der Waals surface area contributed by atoms with E-state index < -0.39 is 24.5 Å². The predicted molar refractivity (Wildman–Crippen MR) is 123 cm³/mol. The second-order valence-electron chi connectivity index (χ2n) is 7.64. The fourth-order valence-corrected chi connectivity index (χ4v) is 3.35. The molecule has 2 unspecified atom stereocenters. The molecular weight excluding hydrogens is 460 g/mol. The molecule has 0 bridgehead atoms. The quantitative estimate of drug-likeness (QED) is 0.164. The van der Waals surface area contributed by atoms with Crippen LogP contribution in [0.2, 0.25) is 0 Å². The maximum atomic E-state index is 11.1. The molecule has 0 radical (unpaired) electrons. The molecule has 190 valence electrons. The molecule has 0 aromatic heterocycles. The molecule has 0 N–H and O–H groups in total. The Bertz CT molecular complexity index is 952. The molecule has 1 aromatic carbocycles.